The summed E-state index contributed by atoms with van der Waals surface area (Å²) in [6.45, 7) is 4.26. The fraction of sp³-hybridized carbons (Fsp3) is 0.611. The van der Waals surface area contributed by atoms with Crippen molar-refractivity contribution in [3.8, 4) is 0 Å². The molecule has 2 aliphatic rings. The van der Waals surface area contributed by atoms with E-state index < -0.39 is 11.9 Å². The number of halogens is 3. The molecule has 1 aromatic heterocycles. The first kappa shape index (κ1) is 19.6. The molecular weight excluding hydrogens is 363 g/mol. The molecule has 1 atom stereocenters. The first-order valence-corrected chi connectivity index (χ1v) is 8.98. The monoisotopic (exact) mass is 385 g/mol. The molecule has 2 amide bonds. The number of amides is 2. The summed E-state index contributed by atoms with van der Waals surface area (Å²) in [5, 5.41) is 0. The molecule has 3 rings (SSSR count). The highest BCUT2D eigenvalue weighted by Crippen LogP contribution is 2.29. The number of nitrogens with zero attached hydrogens (tertiary/aromatic N) is 3. The summed E-state index contributed by atoms with van der Waals surface area (Å²) >= 11 is 0. The van der Waals surface area contributed by atoms with Crippen LogP contribution in [0.5, 0.6) is 0 Å². The Morgan fingerprint density at radius 3 is 2.48 bits per heavy atom. The molecule has 0 spiro atoms. The fourth-order valence-electron chi connectivity index (χ4n) is 3.52. The average Bonchev–Trinajstić information content (AvgIpc) is 2.67. The molecule has 6 nitrogen and oxygen atoms in total. The van der Waals surface area contributed by atoms with E-state index in [4.69, 9.17) is 4.74 Å². The van der Waals surface area contributed by atoms with E-state index in [2.05, 4.69) is 4.98 Å². The number of likely N-dealkylation sites (tertiary alicyclic amines) is 1. The second-order valence-electron chi connectivity index (χ2n) is 6.86. The van der Waals surface area contributed by atoms with Gasteiger partial charge in [-0.3, -0.25) is 9.59 Å². The molecule has 2 fully saturated rings. The van der Waals surface area contributed by atoms with E-state index in [1.54, 1.807) is 9.80 Å². The van der Waals surface area contributed by atoms with Crippen LogP contribution in [0, 0.1) is 12.8 Å². The number of carbonyl (C=O) groups excluding carboxylic acids is 2. The Morgan fingerprint density at radius 2 is 1.85 bits per heavy atom. The number of morpholine rings is 1. The molecule has 0 radical (unpaired) electrons. The molecule has 2 saturated heterocycles. The normalized spacial score (nSPS) is 21.3. The van der Waals surface area contributed by atoms with Crippen molar-refractivity contribution in [1.29, 1.82) is 0 Å². The Bertz CT molecular complexity index is 718. The van der Waals surface area contributed by atoms with Crippen molar-refractivity contribution >= 4 is 11.8 Å². The Balaban J connectivity index is 1.70. The van der Waals surface area contributed by atoms with Gasteiger partial charge in [-0.2, -0.15) is 13.2 Å². The molecule has 0 aromatic carbocycles. The molecule has 3 heterocycles. The van der Waals surface area contributed by atoms with Crippen molar-refractivity contribution in [1.82, 2.24) is 14.8 Å². The van der Waals surface area contributed by atoms with Gasteiger partial charge in [0.15, 0.2) is 0 Å². The molecule has 0 aliphatic carbocycles. The number of carbonyl (C=O) groups is 2. The van der Waals surface area contributed by atoms with Gasteiger partial charge in [0.25, 0.3) is 5.91 Å². The molecule has 0 N–H and O–H groups in total. The number of aromatic nitrogens is 1. The zero-order chi connectivity index (χ0) is 19.6. The van der Waals surface area contributed by atoms with Gasteiger partial charge < -0.3 is 14.5 Å². The van der Waals surface area contributed by atoms with Crippen LogP contribution in [0.25, 0.3) is 0 Å². The summed E-state index contributed by atoms with van der Waals surface area (Å²) in [5.41, 5.74) is -0.838. The molecule has 2 aliphatic heterocycles. The largest absolute Gasteiger partial charge is 0.433 e. The minimum atomic E-state index is -4.55. The molecule has 0 bridgehead atoms. The molecule has 1 aromatic rings. The second kappa shape index (κ2) is 7.84. The van der Waals surface area contributed by atoms with Crippen molar-refractivity contribution < 1.29 is 27.5 Å². The maximum absolute atomic E-state index is 12.8. The van der Waals surface area contributed by atoms with Crippen molar-refractivity contribution in [3.63, 3.8) is 0 Å². The van der Waals surface area contributed by atoms with Crippen LogP contribution >= 0.6 is 0 Å². The predicted octanol–water partition coefficient (Wildman–Crippen LogP) is 2.12. The minimum Gasteiger partial charge on any atom is -0.378 e. The van der Waals surface area contributed by atoms with Gasteiger partial charge in [0.2, 0.25) is 5.91 Å². The summed E-state index contributed by atoms with van der Waals surface area (Å²) in [5.74, 6) is -0.658. The van der Waals surface area contributed by atoms with E-state index in [0.29, 0.717) is 45.7 Å². The van der Waals surface area contributed by atoms with Crippen LogP contribution in [-0.4, -0.2) is 66.0 Å². The summed E-state index contributed by atoms with van der Waals surface area (Å²) in [4.78, 5) is 32.3. The van der Waals surface area contributed by atoms with Crippen LogP contribution in [0.15, 0.2) is 12.1 Å². The van der Waals surface area contributed by atoms with Crippen molar-refractivity contribution in [2.24, 2.45) is 5.92 Å². The van der Waals surface area contributed by atoms with E-state index in [-0.39, 0.29) is 35.5 Å². The van der Waals surface area contributed by atoms with Gasteiger partial charge >= 0.3 is 6.18 Å². The van der Waals surface area contributed by atoms with Crippen LogP contribution in [0.4, 0.5) is 13.2 Å². The highest BCUT2D eigenvalue weighted by molar-refractivity contribution is 5.95. The zero-order valence-corrected chi connectivity index (χ0v) is 15.1. The lowest BCUT2D eigenvalue weighted by Gasteiger charge is -2.36. The summed E-state index contributed by atoms with van der Waals surface area (Å²) in [6, 6.07) is 1.99. The van der Waals surface area contributed by atoms with E-state index in [1.807, 2.05) is 0 Å². The molecular formula is C18H22F3N3O3. The molecule has 0 saturated carbocycles. The second-order valence-corrected chi connectivity index (χ2v) is 6.86. The highest BCUT2D eigenvalue weighted by atomic mass is 19.4. The van der Waals surface area contributed by atoms with Crippen LogP contribution in [0.3, 0.4) is 0 Å². The third kappa shape index (κ3) is 4.40. The quantitative estimate of drug-likeness (QED) is 0.783. The average molecular weight is 385 g/mol. The number of alkyl halides is 3. The first-order valence-electron chi connectivity index (χ1n) is 8.98. The van der Waals surface area contributed by atoms with Crippen LogP contribution in [0.2, 0.25) is 0 Å². The number of aryl methyl sites for hydroxylation is 1. The van der Waals surface area contributed by atoms with Crippen molar-refractivity contribution in [2.75, 3.05) is 39.4 Å². The predicted molar refractivity (Wildman–Crippen MR) is 90.0 cm³/mol. The lowest BCUT2D eigenvalue weighted by atomic mass is 9.95. The third-order valence-electron chi connectivity index (χ3n) is 4.99. The summed E-state index contributed by atoms with van der Waals surface area (Å²) in [7, 11) is 0. The maximum Gasteiger partial charge on any atom is 0.433 e. The van der Waals surface area contributed by atoms with Gasteiger partial charge in [0.1, 0.15) is 5.69 Å². The number of ether oxygens (including phenoxy) is 1. The topological polar surface area (TPSA) is 62.7 Å². The lowest BCUT2D eigenvalue weighted by Crippen LogP contribution is -2.49. The minimum absolute atomic E-state index is 0.0121. The molecule has 148 valence electrons. The van der Waals surface area contributed by atoms with Crippen LogP contribution in [0.1, 0.15) is 34.6 Å². The Labute approximate surface area is 155 Å². The van der Waals surface area contributed by atoms with E-state index in [0.717, 1.165) is 6.07 Å². The summed E-state index contributed by atoms with van der Waals surface area (Å²) in [6.07, 6.45) is -3.17. The Hall–Kier alpha value is -2.16. The van der Waals surface area contributed by atoms with Crippen LogP contribution < -0.4 is 0 Å². The lowest BCUT2D eigenvalue weighted by molar-refractivity contribution is -0.142. The molecule has 1 unspecified atom stereocenters. The van der Waals surface area contributed by atoms with Crippen LogP contribution in [-0.2, 0) is 15.7 Å². The van der Waals surface area contributed by atoms with Gasteiger partial charge in [-0.1, -0.05) is 0 Å². The fourth-order valence-corrected chi connectivity index (χ4v) is 3.52. The number of pyridine rings is 1. The van der Waals surface area contributed by atoms with Crippen molar-refractivity contribution in [3.05, 3.63) is 29.1 Å². The first-order chi connectivity index (χ1) is 12.8. The van der Waals surface area contributed by atoms with E-state index >= 15 is 0 Å². The van der Waals surface area contributed by atoms with Gasteiger partial charge in [0.05, 0.1) is 30.4 Å². The van der Waals surface area contributed by atoms with E-state index in [9.17, 15) is 22.8 Å². The zero-order valence-electron chi connectivity index (χ0n) is 15.1. The van der Waals surface area contributed by atoms with Gasteiger partial charge in [-0.15, -0.1) is 0 Å². The molecule has 9 heteroatoms. The Morgan fingerprint density at radius 1 is 1.15 bits per heavy atom. The number of rotatable bonds is 2. The SMILES string of the molecule is Cc1nc(C(F)(F)F)ccc1C(=O)N1CCCC(C(=O)N2CCOCC2)C1. The number of piperidine rings is 1. The standard InChI is InChI=1S/C18H22F3N3O3/c1-12-14(4-5-15(22-12)18(19,20)21)17(26)24-6-2-3-13(11-24)16(25)23-7-9-27-10-8-23/h4-5,13H,2-3,6-11H2,1H3. The van der Waals surface area contributed by atoms with E-state index in [1.165, 1.54) is 13.0 Å². The number of hydrogen-bond acceptors (Lipinski definition) is 4. The highest BCUT2D eigenvalue weighted by Gasteiger charge is 2.35. The van der Waals surface area contributed by atoms with Gasteiger partial charge in [0, 0.05) is 26.2 Å². The Kier molecular flexibility index (Phi) is 5.69. The third-order valence-corrected chi connectivity index (χ3v) is 4.99. The van der Waals surface area contributed by atoms with Gasteiger partial charge in [-0.25, -0.2) is 4.98 Å². The number of hydrogen-bond donors (Lipinski definition) is 0. The summed E-state index contributed by atoms with van der Waals surface area (Å²) < 4.78 is 43.5. The molecule has 27 heavy (non-hydrogen) atoms. The smallest absolute Gasteiger partial charge is 0.378 e. The maximum atomic E-state index is 12.8. The van der Waals surface area contributed by atoms with Gasteiger partial charge in [-0.05, 0) is 31.9 Å². The van der Waals surface area contributed by atoms with Crippen molar-refractivity contribution in [2.45, 2.75) is 25.9 Å².